The molecule has 1 saturated carbocycles. The molecule has 0 unspecified atom stereocenters. The number of likely N-dealkylation sites (tertiary alicyclic amines) is 1. The van der Waals surface area contributed by atoms with Crippen molar-refractivity contribution in [1.29, 1.82) is 0 Å². The average Bonchev–Trinajstić information content (AvgIpc) is 3.14. The normalized spacial score (nSPS) is 23.0. The monoisotopic (exact) mass is 545 g/mol. The molecule has 5 atom stereocenters. The fraction of sp³-hybridized carbons (Fsp3) is 0.690. The van der Waals surface area contributed by atoms with Crippen molar-refractivity contribution in [3.63, 3.8) is 0 Å². The molecule has 0 bridgehead atoms. The van der Waals surface area contributed by atoms with Crippen LogP contribution in [0.15, 0.2) is 25.3 Å². The Morgan fingerprint density at radius 3 is 2.13 bits per heavy atom. The molecule has 39 heavy (non-hydrogen) atoms. The lowest BCUT2D eigenvalue weighted by atomic mass is 9.85. The maximum Gasteiger partial charge on any atom is 0.315 e. The number of hydrogen-bond donors (Lipinski definition) is 4. The van der Waals surface area contributed by atoms with Crippen LogP contribution in [-0.2, 0) is 19.2 Å². The number of nitrogens with zero attached hydrogens (tertiary/aromatic N) is 1. The van der Waals surface area contributed by atoms with Gasteiger partial charge in [0.1, 0.15) is 12.1 Å². The number of amides is 5. The molecule has 5 amide bonds. The number of allylic oxidation sites excluding steroid dienone is 1. The summed E-state index contributed by atoms with van der Waals surface area (Å²) < 4.78 is 0. The maximum atomic E-state index is 14.0. The molecule has 4 N–H and O–H groups in total. The maximum absolute atomic E-state index is 14.0. The Bertz CT molecular complexity index is 1010. The summed E-state index contributed by atoms with van der Waals surface area (Å²) in [5, 5.41) is 10.9. The van der Waals surface area contributed by atoms with Crippen LogP contribution in [0.25, 0.3) is 0 Å². The molecule has 0 radical (unpaired) electrons. The number of ketones is 1. The van der Waals surface area contributed by atoms with Crippen LogP contribution in [0.4, 0.5) is 4.79 Å². The summed E-state index contributed by atoms with van der Waals surface area (Å²) in [5.41, 5.74) is -1.29. The Balaban J connectivity index is 2.32. The predicted octanol–water partition coefficient (Wildman–Crippen LogP) is 2.30. The molecule has 10 heteroatoms. The van der Waals surface area contributed by atoms with E-state index >= 15 is 0 Å². The molecule has 218 valence electrons. The number of fused-ring (bicyclic) bond motifs is 1. The van der Waals surface area contributed by atoms with Crippen LogP contribution in [0, 0.1) is 22.7 Å². The highest BCUT2D eigenvalue weighted by Crippen LogP contribution is 2.65. The molecule has 2 fully saturated rings. The standard InChI is InChI=1S/C29H47N5O5/c1-11-13-14-18(21(35)24(37)30-15-12-2)31-23(36)20-19-17(29(19,9)10)16-34(20)25(38)22(27(3,4)5)32-26(39)33-28(6,7)8/h11-12,17-20,22H,1-2,13-16H2,3-10H3,(H,30,37)(H,31,36)(H2,32,33,39)/t17-,18-,19-,20-,22+/m0/s1. The van der Waals surface area contributed by atoms with Crippen LogP contribution in [0.2, 0.25) is 0 Å². The summed E-state index contributed by atoms with van der Waals surface area (Å²) in [5.74, 6) is -2.40. The van der Waals surface area contributed by atoms with E-state index in [0.717, 1.165) is 0 Å². The SMILES string of the molecule is C=CCC[C@H](NC(=O)[C@@H]1[C@@H]2[C@H](CN1C(=O)[C@@H](NC(=O)NC(C)(C)C)C(C)(C)C)C2(C)C)C(=O)C(=O)NCC=C. The van der Waals surface area contributed by atoms with Crippen molar-refractivity contribution in [2.45, 2.75) is 91.9 Å². The minimum atomic E-state index is -1.06. The Hall–Kier alpha value is -3.17. The quantitative estimate of drug-likeness (QED) is 0.233. The van der Waals surface area contributed by atoms with Gasteiger partial charge in [0, 0.05) is 18.6 Å². The van der Waals surface area contributed by atoms with Crippen molar-refractivity contribution in [3.05, 3.63) is 25.3 Å². The van der Waals surface area contributed by atoms with Gasteiger partial charge in [0.15, 0.2) is 0 Å². The van der Waals surface area contributed by atoms with Gasteiger partial charge in [-0.3, -0.25) is 19.2 Å². The zero-order valence-corrected chi connectivity index (χ0v) is 24.8. The largest absolute Gasteiger partial charge is 0.346 e. The van der Waals surface area contributed by atoms with E-state index in [1.54, 1.807) is 6.08 Å². The molecule has 2 rings (SSSR count). The van der Waals surface area contributed by atoms with Crippen molar-refractivity contribution < 1.29 is 24.0 Å². The van der Waals surface area contributed by atoms with E-state index in [-0.39, 0.29) is 36.1 Å². The Kier molecular flexibility index (Phi) is 9.79. The molecular weight excluding hydrogens is 498 g/mol. The van der Waals surface area contributed by atoms with Crippen LogP contribution in [0.3, 0.4) is 0 Å². The molecular formula is C29H47N5O5. The third-order valence-corrected chi connectivity index (χ3v) is 7.56. The molecule has 2 aliphatic rings. The Morgan fingerprint density at radius 1 is 1.00 bits per heavy atom. The van der Waals surface area contributed by atoms with Crippen molar-refractivity contribution in [2.24, 2.45) is 22.7 Å². The van der Waals surface area contributed by atoms with Crippen LogP contribution in [-0.4, -0.2) is 71.2 Å². The summed E-state index contributed by atoms with van der Waals surface area (Å²) in [6, 6.07) is -3.25. The smallest absolute Gasteiger partial charge is 0.315 e. The molecule has 0 spiro atoms. The van der Waals surface area contributed by atoms with Gasteiger partial charge < -0.3 is 26.2 Å². The zero-order chi connectivity index (χ0) is 29.9. The van der Waals surface area contributed by atoms with Gasteiger partial charge in [-0.1, -0.05) is 46.8 Å². The second kappa shape index (κ2) is 11.9. The first-order valence-corrected chi connectivity index (χ1v) is 13.6. The van der Waals surface area contributed by atoms with Gasteiger partial charge in [-0.25, -0.2) is 4.79 Å². The fourth-order valence-electron chi connectivity index (χ4n) is 5.36. The summed E-state index contributed by atoms with van der Waals surface area (Å²) in [7, 11) is 0. The molecule has 1 saturated heterocycles. The second-order valence-electron chi connectivity index (χ2n) is 13.3. The van der Waals surface area contributed by atoms with Gasteiger partial charge in [0.05, 0.1) is 6.04 Å². The van der Waals surface area contributed by atoms with Crippen molar-refractivity contribution >= 4 is 29.5 Å². The molecule has 0 aromatic carbocycles. The number of hydrogen-bond acceptors (Lipinski definition) is 5. The van der Waals surface area contributed by atoms with E-state index < -0.39 is 52.7 Å². The zero-order valence-electron chi connectivity index (χ0n) is 24.8. The van der Waals surface area contributed by atoms with E-state index in [9.17, 15) is 24.0 Å². The number of rotatable bonds is 11. The van der Waals surface area contributed by atoms with Crippen LogP contribution < -0.4 is 21.3 Å². The highest BCUT2D eigenvalue weighted by atomic mass is 16.2. The first-order valence-electron chi connectivity index (χ1n) is 13.6. The summed E-state index contributed by atoms with van der Waals surface area (Å²) >= 11 is 0. The van der Waals surface area contributed by atoms with Gasteiger partial charge in [-0.15, -0.1) is 13.2 Å². The van der Waals surface area contributed by atoms with Gasteiger partial charge in [0.25, 0.3) is 5.91 Å². The molecule has 1 aliphatic heterocycles. The Morgan fingerprint density at radius 2 is 1.62 bits per heavy atom. The highest BCUT2D eigenvalue weighted by molar-refractivity contribution is 6.38. The molecule has 0 aromatic heterocycles. The predicted molar refractivity (Wildman–Crippen MR) is 151 cm³/mol. The lowest BCUT2D eigenvalue weighted by Gasteiger charge is -2.38. The van der Waals surface area contributed by atoms with Crippen LogP contribution in [0.5, 0.6) is 0 Å². The van der Waals surface area contributed by atoms with Gasteiger partial charge in [-0.05, 0) is 56.3 Å². The fourth-order valence-corrected chi connectivity index (χ4v) is 5.36. The van der Waals surface area contributed by atoms with Crippen molar-refractivity contribution in [3.8, 4) is 0 Å². The number of nitrogens with one attached hydrogen (secondary N) is 4. The number of piperidine rings is 1. The van der Waals surface area contributed by atoms with Gasteiger partial charge >= 0.3 is 6.03 Å². The topological polar surface area (TPSA) is 137 Å². The lowest BCUT2D eigenvalue weighted by Crippen LogP contribution is -2.62. The molecule has 1 heterocycles. The number of carbonyl (C=O) groups is 5. The second-order valence-corrected chi connectivity index (χ2v) is 13.3. The summed E-state index contributed by atoms with van der Waals surface area (Å²) in [6.45, 7) is 22.9. The third kappa shape index (κ3) is 7.70. The van der Waals surface area contributed by atoms with Crippen molar-refractivity contribution in [2.75, 3.05) is 13.1 Å². The first kappa shape index (κ1) is 32.0. The summed E-state index contributed by atoms with van der Waals surface area (Å²) in [6.07, 6.45) is 3.69. The van der Waals surface area contributed by atoms with E-state index in [0.29, 0.717) is 13.0 Å². The number of urea groups is 1. The molecule has 1 aliphatic carbocycles. The minimum absolute atomic E-state index is 0.102. The van der Waals surface area contributed by atoms with E-state index in [4.69, 9.17) is 0 Å². The third-order valence-electron chi connectivity index (χ3n) is 7.56. The minimum Gasteiger partial charge on any atom is -0.346 e. The lowest BCUT2D eigenvalue weighted by molar-refractivity contribution is -0.145. The highest BCUT2D eigenvalue weighted by Gasteiger charge is 2.69. The molecule has 0 aromatic rings. The number of carbonyl (C=O) groups excluding carboxylic acids is 5. The Labute approximate surface area is 232 Å². The average molecular weight is 546 g/mol. The summed E-state index contributed by atoms with van der Waals surface area (Å²) in [4.78, 5) is 67.2. The van der Waals surface area contributed by atoms with Gasteiger partial charge in [0.2, 0.25) is 17.6 Å². The molecule has 10 nitrogen and oxygen atoms in total. The van der Waals surface area contributed by atoms with Gasteiger partial charge in [-0.2, -0.15) is 0 Å². The van der Waals surface area contributed by atoms with E-state index in [1.807, 2.05) is 41.5 Å². The van der Waals surface area contributed by atoms with Crippen LogP contribution >= 0.6 is 0 Å². The van der Waals surface area contributed by atoms with Crippen LogP contribution in [0.1, 0.15) is 68.2 Å². The van der Waals surface area contributed by atoms with E-state index in [2.05, 4.69) is 48.3 Å². The first-order chi connectivity index (χ1) is 17.9. The number of Topliss-reactive ketones (excluding diaryl/α,β-unsaturated/α-hetero) is 1. The van der Waals surface area contributed by atoms with Crippen molar-refractivity contribution in [1.82, 2.24) is 26.2 Å². The van der Waals surface area contributed by atoms with E-state index in [1.165, 1.54) is 11.0 Å².